The third-order valence-corrected chi connectivity index (χ3v) is 4.99. The van der Waals surface area contributed by atoms with Gasteiger partial charge in [0.1, 0.15) is 5.54 Å². The van der Waals surface area contributed by atoms with E-state index >= 15 is 0 Å². The van der Waals surface area contributed by atoms with Crippen molar-refractivity contribution in [1.29, 1.82) is 0 Å². The fourth-order valence-electron chi connectivity index (χ4n) is 3.34. The molecule has 1 aliphatic carbocycles. The van der Waals surface area contributed by atoms with Gasteiger partial charge < -0.3 is 20.2 Å². The molecule has 0 radical (unpaired) electrons. The lowest BCUT2D eigenvalue weighted by molar-refractivity contribution is -0.144. The molecular weight excluding hydrogens is 274 g/mol. The quantitative estimate of drug-likeness (QED) is 0.781. The van der Waals surface area contributed by atoms with Crippen LogP contribution in [0, 0.1) is 5.92 Å². The molecule has 2 N–H and O–H groups in total. The Kier molecular flexibility index (Phi) is 3.30. The van der Waals surface area contributed by atoms with Crippen molar-refractivity contribution >= 4 is 17.9 Å². The Balaban J connectivity index is 1.63. The molecule has 3 amide bonds. The van der Waals surface area contributed by atoms with Gasteiger partial charge in [0.25, 0.3) is 0 Å². The monoisotopic (exact) mass is 295 g/mol. The SMILES string of the molecule is CC(NC(=O)N1CCN2C(=O)CCC2C1)(C(=O)O)C1CC1. The summed E-state index contributed by atoms with van der Waals surface area (Å²) in [6, 6.07) is -0.236. The fourth-order valence-corrected chi connectivity index (χ4v) is 3.34. The lowest BCUT2D eigenvalue weighted by Crippen LogP contribution is -2.61. The number of carbonyl (C=O) groups is 3. The number of nitrogens with one attached hydrogen (secondary N) is 1. The number of hydrogen-bond donors (Lipinski definition) is 2. The van der Waals surface area contributed by atoms with Crippen molar-refractivity contribution in [3.05, 3.63) is 0 Å². The largest absolute Gasteiger partial charge is 0.480 e. The highest BCUT2D eigenvalue weighted by molar-refractivity contribution is 5.87. The molecule has 2 unspecified atom stereocenters. The lowest BCUT2D eigenvalue weighted by atomic mass is 9.96. The van der Waals surface area contributed by atoms with Crippen LogP contribution < -0.4 is 5.32 Å². The molecule has 0 aromatic rings. The molecule has 7 heteroatoms. The molecule has 0 aromatic carbocycles. The molecule has 0 spiro atoms. The highest BCUT2D eigenvalue weighted by Gasteiger charge is 2.49. The standard InChI is InChI=1S/C14H21N3O4/c1-14(12(19)20,9-2-3-9)15-13(21)16-6-7-17-10(8-16)4-5-11(17)18/h9-10H,2-8H2,1H3,(H,15,21)(H,19,20). The summed E-state index contributed by atoms with van der Waals surface area (Å²) in [4.78, 5) is 38.9. The highest BCUT2D eigenvalue weighted by Crippen LogP contribution is 2.39. The predicted octanol–water partition coefficient (Wildman–Crippen LogP) is 0.256. The maximum atomic E-state index is 12.4. The van der Waals surface area contributed by atoms with Gasteiger partial charge in [0.2, 0.25) is 5.91 Å². The van der Waals surface area contributed by atoms with Crippen LogP contribution in [0.4, 0.5) is 4.79 Å². The van der Waals surface area contributed by atoms with Crippen LogP contribution >= 0.6 is 0 Å². The highest BCUT2D eigenvalue weighted by atomic mass is 16.4. The number of nitrogens with zero attached hydrogens (tertiary/aromatic N) is 2. The molecule has 21 heavy (non-hydrogen) atoms. The summed E-state index contributed by atoms with van der Waals surface area (Å²) in [7, 11) is 0. The number of carboxylic acids is 1. The summed E-state index contributed by atoms with van der Waals surface area (Å²) in [6.07, 6.45) is 3.01. The minimum Gasteiger partial charge on any atom is -0.480 e. The van der Waals surface area contributed by atoms with E-state index in [9.17, 15) is 19.5 Å². The van der Waals surface area contributed by atoms with E-state index in [1.54, 1.807) is 11.8 Å². The first-order valence-electron chi connectivity index (χ1n) is 7.52. The Labute approximate surface area is 123 Å². The Hall–Kier alpha value is -1.79. The van der Waals surface area contributed by atoms with Crippen molar-refractivity contribution in [3.63, 3.8) is 0 Å². The molecule has 0 aromatic heterocycles. The smallest absolute Gasteiger partial charge is 0.329 e. The Morgan fingerprint density at radius 1 is 1.29 bits per heavy atom. The summed E-state index contributed by atoms with van der Waals surface area (Å²) in [5.74, 6) is -0.797. The summed E-state index contributed by atoms with van der Waals surface area (Å²) >= 11 is 0. The summed E-state index contributed by atoms with van der Waals surface area (Å²) in [5.41, 5.74) is -1.18. The maximum Gasteiger partial charge on any atom is 0.329 e. The second-order valence-corrected chi connectivity index (χ2v) is 6.44. The molecule has 0 bridgehead atoms. The number of rotatable bonds is 3. The Bertz CT molecular complexity index is 491. The summed E-state index contributed by atoms with van der Waals surface area (Å²) in [5, 5.41) is 12.1. The van der Waals surface area contributed by atoms with E-state index in [2.05, 4.69) is 5.32 Å². The van der Waals surface area contributed by atoms with Crippen LogP contribution in [0.15, 0.2) is 0 Å². The van der Waals surface area contributed by atoms with Gasteiger partial charge in [-0.2, -0.15) is 0 Å². The number of amides is 3. The van der Waals surface area contributed by atoms with Gasteiger partial charge in [-0.05, 0) is 32.1 Å². The van der Waals surface area contributed by atoms with Crippen LogP contribution in [0.5, 0.6) is 0 Å². The van der Waals surface area contributed by atoms with Gasteiger partial charge >= 0.3 is 12.0 Å². The van der Waals surface area contributed by atoms with Crippen LogP contribution in [-0.2, 0) is 9.59 Å². The van der Waals surface area contributed by atoms with Crippen LogP contribution in [0.2, 0.25) is 0 Å². The molecule has 3 aliphatic rings. The van der Waals surface area contributed by atoms with Crippen LogP contribution in [-0.4, -0.2) is 64.0 Å². The molecule has 3 fully saturated rings. The third kappa shape index (κ3) is 2.45. The van der Waals surface area contributed by atoms with Crippen LogP contribution in [0.3, 0.4) is 0 Å². The van der Waals surface area contributed by atoms with Crippen molar-refractivity contribution < 1.29 is 19.5 Å². The normalized spacial score (nSPS) is 28.0. The number of urea groups is 1. The number of hydrogen-bond acceptors (Lipinski definition) is 3. The third-order valence-electron chi connectivity index (χ3n) is 4.99. The minimum absolute atomic E-state index is 0.0216. The van der Waals surface area contributed by atoms with Crippen molar-refractivity contribution in [1.82, 2.24) is 15.1 Å². The zero-order chi connectivity index (χ0) is 15.2. The molecule has 2 aliphatic heterocycles. The predicted molar refractivity (Wildman–Crippen MR) is 73.6 cm³/mol. The van der Waals surface area contributed by atoms with Crippen molar-refractivity contribution in [2.75, 3.05) is 19.6 Å². The van der Waals surface area contributed by atoms with Gasteiger partial charge in [0, 0.05) is 32.1 Å². The first-order chi connectivity index (χ1) is 9.91. The maximum absolute atomic E-state index is 12.4. The van der Waals surface area contributed by atoms with E-state index in [-0.39, 0.29) is 23.9 Å². The molecule has 3 rings (SSSR count). The van der Waals surface area contributed by atoms with E-state index in [1.165, 1.54) is 0 Å². The first kappa shape index (κ1) is 14.2. The summed E-state index contributed by atoms with van der Waals surface area (Å²) in [6.45, 7) is 3.09. The average molecular weight is 295 g/mol. The molecule has 116 valence electrons. The van der Waals surface area contributed by atoms with Crippen LogP contribution in [0.1, 0.15) is 32.6 Å². The van der Waals surface area contributed by atoms with Gasteiger partial charge in [-0.1, -0.05) is 0 Å². The fraction of sp³-hybridized carbons (Fsp3) is 0.786. The van der Waals surface area contributed by atoms with Crippen molar-refractivity contribution in [2.24, 2.45) is 5.92 Å². The van der Waals surface area contributed by atoms with Gasteiger partial charge in [0.05, 0.1) is 0 Å². The van der Waals surface area contributed by atoms with Crippen molar-refractivity contribution in [2.45, 2.75) is 44.2 Å². The number of fused-ring (bicyclic) bond motifs is 1. The first-order valence-corrected chi connectivity index (χ1v) is 7.52. The summed E-state index contributed by atoms with van der Waals surface area (Å²) < 4.78 is 0. The van der Waals surface area contributed by atoms with E-state index in [0.29, 0.717) is 26.1 Å². The lowest BCUT2D eigenvalue weighted by Gasteiger charge is -2.39. The molecule has 2 atom stereocenters. The number of carbonyl (C=O) groups excluding carboxylic acids is 2. The zero-order valence-corrected chi connectivity index (χ0v) is 12.2. The molecule has 1 saturated carbocycles. The zero-order valence-electron chi connectivity index (χ0n) is 12.2. The number of carboxylic acid groups (broad SMARTS) is 1. The Morgan fingerprint density at radius 2 is 2.00 bits per heavy atom. The van der Waals surface area contributed by atoms with E-state index < -0.39 is 11.5 Å². The molecule has 7 nitrogen and oxygen atoms in total. The number of aliphatic carboxylic acids is 1. The van der Waals surface area contributed by atoms with Gasteiger partial charge in [-0.15, -0.1) is 0 Å². The van der Waals surface area contributed by atoms with E-state index in [1.807, 2.05) is 4.90 Å². The minimum atomic E-state index is -1.18. The van der Waals surface area contributed by atoms with E-state index in [0.717, 1.165) is 19.3 Å². The second-order valence-electron chi connectivity index (χ2n) is 6.44. The van der Waals surface area contributed by atoms with Gasteiger partial charge in [-0.3, -0.25) is 4.79 Å². The van der Waals surface area contributed by atoms with Crippen molar-refractivity contribution in [3.8, 4) is 0 Å². The molecule has 2 saturated heterocycles. The molecule has 2 heterocycles. The number of piperazine rings is 1. The van der Waals surface area contributed by atoms with E-state index in [4.69, 9.17) is 0 Å². The topological polar surface area (TPSA) is 90.0 Å². The van der Waals surface area contributed by atoms with Gasteiger partial charge in [0.15, 0.2) is 0 Å². The second kappa shape index (κ2) is 4.89. The molecular formula is C14H21N3O4. The Morgan fingerprint density at radius 3 is 2.62 bits per heavy atom. The van der Waals surface area contributed by atoms with Crippen LogP contribution in [0.25, 0.3) is 0 Å². The van der Waals surface area contributed by atoms with Gasteiger partial charge in [-0.25, -0.2) is 9.59 Å². The average Bonchev–Trinajstić information content (AvgIpc) is 3.24.